The Morgan fingerprint density at radius 1 is 1.28 bits per heavy atom. The van der Waals surface area contributed by atoms with E-state index in [4.69, 9.17) is 14.5 Å². The molecule has 0 fully saturated rings. The van der Waals surface area contributed by atoms with E-state index in [1.54, 1.807) is 25.3 Å². The predicted molar refractivity (Wildman–Crippen MR) is 125 cm³/mol. The minimum absolute atomic E-state index is 0.251. The van der Waals surface area contributed by atoms with Gasteiger partial charge in [-0.3, -0.25) is 15.1 Å². The van der Waals surface area contributed by atoms with E-state index < -0.39 is 0 Å². The maximum atomic E-state index is 13.2. The van der Waals surface area contributed by atoms with Gasteiger partial charge in [0.1, 0.15) is 0 Å². The fourth-order valence-corrected chi connectivity index (χ4v) is 4.01. The average Bonchev–Trinajstić information content (AvgIpc) is 3.11. The number of aryl methyl sites for hydroxylation is 1. The number of benzene rings is 1. The number of para-hydroxylation sites is 2. The molecule has 0 unspecified atom stereocenters. The van der Waals surface area contributed by atoms with Crippen molar-refractivity contribution in [1.82, 2.24) is 14.5 Å². The number of methoxy groups -OCH3 is 1. The first-order valence-corrected chi connectivity index (χ1v) is 10.8. The van der Waals surface area contributed by atoms with Crippen molar-refractivity contribution in [3.05, 3.63) is 71.9 Å². The molecule has 1 atom stereocenters. The number of rotatable bonds is 2. The summed E-state index contributed by atoms with van der Waals surface area (Å²) in [4.78, 5) is 22.5. The summed E-state index contributed by atoms with van der Waals surface area (Å²) in [7, 11) is 1.56. The second kappa shape index (κ2) is 9.26. The van der Waals surface area contributed by atoms with Gasteiger partial charge in [-0.05, 0) is 49.9 Å². The zero-order valence-electron chi connectivity index (χ0n) is 18.7. The van der Waals surface area contributed by atoms with Crippen LogP contribution in [0.4, 0.5) is 5.95 Å². The first-order chi connectivity index (χ1) is 15.5. The number of nitrogens with one attached hydrogen (secondary N) is 1. The zero-order chi connectivity index (χ0) is 22.7. The molecule has 7 heteroatoms. The van der Waals surface area contributed by atoms with Crippen LogP contribution in [0.1, 0.15) is 41.5 Å². The summed E-state index contributed by atoms with van der Waals surface area (Å²) in [5.74, 6) is 1.00. The highest BCUT2D eigenvalue weighted by atomic mass is 16.7. The molecule has 0 saturated carbocycles. The number of hydrogen-bond donors (Lipinski definition) is 1. The second-order valence-corrected chi connectivity index (χ2v) is 8.08. The van der Waals surface area contributed by atoms with Crippen LogP contribution in [0.5, 0.6) is 0 Å². The van der Waals surface area contributed by atoms with E-state index in [1.807, 2.05) is 31.2 Å². The van der Waals surface area contributed by atoms with Gasteiger partial charge in [-0.25, -0.2) is 4.98 Å². The van der Waals surface area contributed by atoms with E-state index >= 15 is 0 Å². The molecule has 2 bridgehead atoms. The van der Waals surface area contributed by atoms with Crippen molar-refractivity contribution in [2.24, 2.45) is 5.92 Å². The topological polar surface area (TPSA) is 78.3 Å². The molecule has 1 aliphatic rings. The fraction of sp³-hybridized carbons (Fsp3) is 0.320. The molecule has 4 rings (SSSR count). The summed E-state index contributed by atoms with van der Waals surface area (Å²) < 4.78 is 13.5. The summed E-state index contributed by atoms with van der Waals surface area (Å²) in [6, 6.07) is 11.4. The van der Waals surface area contributed by atoms with Gasteiger partial charge in [-0.2, -0.15) is 0 Å². The molecule has 3 aromatic rings. The summed E-state index contributed by atoms with van der Waals surface area (Å²) in [6.07, 6.45) is 3.45. The van der Waals surface area contributed by atoms with Crippen molar-refractivity contribution in [3.8, 4) is 0 Å². The summed E-state index contributed by atoms with van der Waals surface area (Å²) in [6.45, 7) is 9.18. The highest BCUT2D eigenvalue weighted by Crippen LogP contribution is 2.26. The van der Waals surface area contributed by atoms with Crippen LogP contribution in [0.25, 0.3) is 16.6 Å². The minimum atomic E-state index is -0.251. The third kappa shape index (κ3) is 4.37. The summed E-state index contributed by atoms with van der Waals surface area (Å²) in [5.41, 5.74) is 4.21. The van der Waals surface area contributed by atoms with Gasteiger partial charge in [0, 0.05) is 17.8 Å². The monoisotopic (exact) mass is 432 g/mol. The Hall–Kier alpha value is -3.61. The van der Waals surface area contributed by atoms with Gasteiger partial charge < -0.3 is 14.0 Å². The van der Waals surface area contributed by atoms with Gasteiger partial charge in [0.25, 0.3) is 11.9 Å². The lowest BCUT2D eigenvalue weighted by Crippen LogP contribution is -2.18. The highest BCUT2D eigenvalue weighted by molar-refractivity contribution is 6.04. The van der Waals surface area contributed by atoms with Gasteiger partial charge in [0.15, 0.2) is 0 Å². The summed E-state index contributed by atoms with van der Waals surface area (Å²) >= 11 is 0. The van der Waals surface area contributed by atoms with Crippen LogP contribution in [0, 0.1) is 12.8 Å². The van der Waals surface area contributed by atoms with Crippen molar-refractivity contribution in [1.29, 1.82) is 0 Å². The van der Waals surface area contributed by atoms with Crippen LogP contribution in [0.15, 0.2) is 55.0 Å². The number of fused-ring (bicyclic) bond motifs is 5. The standard InChI is InChI=1S/C25H28N4O3/c1-5-19-21-14-18(13-17(3)26-21)23(30)28-25-27-20-10-6-7-11-22(20)29(25)15-16(2)9-8-12-32-24(19)31-4/h5-7,10-11,13-14,16H,1,8-9,12,15H2,2-4H3,(H,27,28,30)/t16-/m1/s1. The lowest BCUT2D eigenvalue weighted by molar-refractivity contribution is 0.0613. The molecule has 3 heterocycles. The molecule has 0 spiro atoms. The van der Waals surface area contributed by atoms with E-state index in [2.05, 4.69) is 28.4 Å². The molecular weight excluding hydrogens is 404 g/mol. The zero-order valence-corrected chi connectivity index (χ0v) is 18.7. The molecule has 32 heavy (non-hydrogen) atoms. The smallest absolute Gasteiger partial charge is 0.288 e. The van der Waals surface area contributed by atoms with Gasteiger partial charge in [0.05, 0.1) is 36.0 Å². The van der Waals surface area contributed by atoms with Crippen molar-refractivity contribution < 1.29 is 14.3 Å². The third-order valence-electron chi connectivity index (χ3n) is 5.55. The second-order valence-electron chi connectivity index (χ2n) is 8.08. The van der Waals surface area contributed by atoms with Gasteiger partial charge in [0.2, 0.25) is 5.95 Å². The number of ether oxygens (including phenoxy) is 2. The Balaban J connectivity index is 1.83. The maximum absolute atomic E-state index is 13.2. The lowest BCUT2D eigenvalue weighted by Gasteiger charge is -2.16. The largest absolute Gasteiger partial charge is 0.468 e. The normalized spacial score (nSPS) is 17.6. The number of carbonyl (C=O) groups is 1. The first kappa shape index (κ1) is 21.6. The fourth-order valence-electron chi connectivity index (χ4n) is 4.01. The van der Waals surface area contributed by atoms with Crippen LogP contribution in [-0.2, 0) is 16.0 Å². The van der Waals surface area contributed by atoms with Crippen LogP contribution in [-0.4, -0.2) is 34.2 Å². The van der Waals surface area contributed by atoms with Crippen LogP contribution < -0.4 is 5.32 Å². The van der Waals surface area contributed by atoms with E-state index in [-0.39, 0.29) is 5.91 Å². The maximum Gasteiger partial charge on any atom is 0.288 e. The SMILES string of the molecule is C=CC1=C(OC)OCCC[C@@H](C)Cn2c(nc3ccccc32)NC(=O)c2cc(C)nc1c2. The van der Waals surface area contributed by atoms with E-state index in [0.29, 0.717) is 46.9 Å². The van der Waals surface area contributed by atoms with Crippen molar-refractivity contribution >= 4 is 28.5 Å². The number of anilines is 1. The van der Waals surface area contributed by atoms with Crippen LogP contribution >= 0.6 is 0 Å². The Morgan fingerprint density at radius 3 is 2.88 bits per heavy atom. The molecule has 1 aliphatic heterocycles. The van der Waals surface area contributed by atoms with Crippen LogP contribution in [0.2, 0.25) is 0 Å². The Bertz CT molecular complexity index is 1200. The Labute approximate surface area is 187 Å². The number of nitrogens with zero attached hydrogens (tertiary/aromatic N) is 3. The molecule has 1 aromatic carbocycles. The van der Waals surface area contributed by atoms with Crippen molar-refractivity contribution in [2.75, 3.05) is 19.0 Å². The van der Waals surface area contributed by atoms with Crippen LogP contribution in [0.3, 0.4) is 0 Å². The molecule has 166 valence electrons. The van der Waals surface area contributed by atoms with Gasteiger partial charge in [-0.1, -0.05) is 31.7 Å². The molecule has 7 nitrogen and oxygen atoms in total. The van der Waals surface area contributed by atoms with E-state index in [9.17, 15) is 4.79 Å². The number of imidazole rings is 1. The van der Waals surface area contributed by atoms with Gasteiger partial charge >= 0.3 is 0 Å². The quantitative estimate of drug-likeness (QED) is 0.621. The summed E-state index contributed by atoms with van der Waals surface area (Å²) in [5, 5.41) is 3.01. The predicted octanol–water partition coefficient (Wildman–Crippen LogP) is 4.94. The van der Waals surface area contributed by atoms with E-state index in [0.717, 1.165) is 30.4 Å². The average molecular weight is 433 g/mol. The van der Waals surface area contributed by atoms with Crippen molar-refractivity contribution in [3.63, 3.8) is 0 Å². The molecule has 0 aliphatic carbocycles. The van der Waals surface area contributed by atoms with Gasteiger partial charge in [-0.15, -0.1) is 0 Å². The highest BCUT2D eigenvalue weighted by Gasteiger charge is 2.19. The number of aromatic nitrogens is 3. The molecule has 2 aromatic heterocycles. The molecular formula is C25H28N4O3. The van der Waals surface area contributed by atoms with E-state index in [1.165, 1.54) is 0 Å². The molecule has 0 radical (unpaired) electrons. The third-order valence-corrected chi connectivity index (χ3v) is 5.55. The minimum Gasteiger partial charge on any atom is -0.468 e. The molecule has 1 N–H and O–H groups in total. The first-order valence-electron chi connectivity index (χ1n) is 10.8. The number of carbonyl (C=O) groups excluding carboxylic acids is 1. The lowest BCUT2D eigenvalue weighted by atomic mass is 10.1. The number of pyridine rings is 1. The molecule has 1 amide bonds. The van der Waals surface area contributed by atoms with Crippen molar-refractivity contribution in [2.45, 2.75) is 33.2 Å². The Kier molecular flexibility index (Phi) is 6.25. The number of amides is 1. The number of allylic oxidation sites excluding steroid dienone is 2. The molecule has 0 saturated heterocycles. The Morgan fingerprint density at radius 2 is 2.09 bits per heavy atom. The number of hydrogen-bond acceptors (Lipinski definition) is 5.